The van der Waals surface area contributed by atoms with Crippen molar-refractivity contribution in [2.45, 2.75) is 32.0 Å². The number of H-pyrrole nitrogens is 1. The lowest BCUT2D eigenvalue weighted by atomic mass is 9.63. The van der Waals surface area contributed by atoms with Crippen molar-refractivity contribution in [2.24, 2.45) is 23.7 Å². The van der Waals surface area contributed by atoms with Crippen LogP contribution < -0.4 is 10.6 Å². The first-order valence-electron chi connectivity index (χ1n) is 10.9. The average Bonchev–Trinajstić information content (AvgIpc) is 3.30. The number of hydrogen-bond donors (Lipinski definition) is 1. The standard InChI is InChI=1S/C27H27NO/c1-3-4-7-18-16(2)10-11-17-12-15-23-26(24(17)18)20-13-14-22-25(27(20)29-23)19-8-5-6-9-21(19)28-22/h3-4,7-15,17,20,23-24,26-28H,1,5-6H2,2H3/b7-4-/t17?,20?,23?,24-,26?,27?/m1/s1. The molecule has 4 aliphatic carbocycles. The van der Waals surface area contributed by atoms with Crippen molar-refractivity contribution in [1.29, 1.82) is 0 Å². The van der Waals surface area contributed by atoms with Crippen LogP contribution in [-0.2, 0) is 4.74 Å². The van der Waals surface area contributed by atoms with Crippen molar-refractivity contribution in [3.05, 3.63) is 88.2 Å². The summed E-state index contributed by atoms with van der Waals surface area (Å²) in [7, 11) is 0. The fourth-order valence-electron chi connectivity index (χ4n) is 6.17. The molecule has 2 heteroatoms. The Labute approximate surface area is 172 Å². The first-order chi connectivity index (χ1) is 14.3. The molecule has 1 saturated heterocycles. The lowest BCUT2D eigenvalue weighted by molar-refractivity contribution is 0.0488. The molecular weight excluding hydrogens is 354 g/mol. The molecule has 146 valence electrons. The minimum Gasteiger partial charge on any atom is -0.365 e. The van der Waals surface area contributed by atoms with Crippen LogP contribution in [0.25, 0.3) is 18.2 Å². The highest BCUT2D eigenvalue weighted by Crippen LogP contribution is 2.55. The molecule has 1 aromatic rings. The zero-order valence-corrected chi connectivity index (χ0v) is 16.8. The van der Waals surface area contributed by atoms with Crippen molar-refractivity contribution in [1.82, 2.24) is 4.98 Å². The summed E-state index contributed by atoms with van der Waals surface area (Å²) in [5.74, 6) is 1.77. The van der Waals surface area contributed by atoms with Crippen molar-refractivity contribution >= 4 is 18.2 Å². The smallest absolute Gasteiger partial charge is 0.0926 e. The van der Waals surface area contributed by atoms with Gasteiger partial charge in [-0.3, -0.25) is 0 Å². The van der Waals surface area contributed by atoms with Crippen LogP contribution in [0, 0.1) is 23.7 Å². The zero-order valence-electron chi connectivity index (χ0n) is 16.8. The summed E-state index contributed by atoms with van der Waals surface area (Å²) in [6.45, 7) is 6.11. The third kappa shape index (κ3) is 2.45. The number of hydrogen-bond acceptors (Lipinski definition) is 1. The van der Waals surface area contributed by atoms with Crippen molar-refractivity contribution in [3.63, 3.8) is 0 Å². The van der Waals surface area contributed by atoms with Gasteiger partial charge in [0, 0.05) is 45.5 Å². The number of fused-ring (bicyclic) bond motifs is 9. The van der Waals surface area contributed by atoms with E-state index in [4.69, 9.17) is 4.74 Å². The molecule has 1 aromatic heterocycles. The van der Waals surface area contributed by atoms with Crippen LogP contribution in [0.1, 0.15) is 37.1 Å². The van der Waals surface area contributed by atoms with Gasteiger partial charge < -0.3 is 9.72 Å². The minimum absolute atomic E-state index is 0.145. The molecule has 2 nitrogen and oxygen atoms in total. The van der Waals surface area contributed by atoms with Crippen LogP contribution in [0.5, 0.6) is 0 Å². The molecule has 0 spiro atoms. The first kappa shape index (κ1) is 17.3. The fraction of sp³-hybridized carbons (Fsp3) is 0.333. The second-order valence-corrected chi connectivity index (χ2v) is 8.88. The van der Waals surface area contributed by atoms with E-state index in [1.54, 1.807) is 0 Å². The van der Waals surface area contributed by atoms with Gasteiger partial charge in [-0.15, -0.1) is 0 Å². The van der Waals surface area contributed by atoms with Crippen molar-refractivity contribution in [2.75, 3.05) is 0 Å². The van der Waals surface area contributed by atoms with Gasteiger partial charge in [-0.2, -0.15) is 0 Å². The Morgan fingerprint density at radius 3 is 2.90 bits per heavy atom. The van der Waals surface area contributed by atoms with E-state index >= 15 is 0 Å². The molecule has 0 bridgehead atoms. The van der Waals surface area contributed by atoms with Gasteiger partial charge in [-0.25, -0.2) is 0 Å². The molecule has 0 saturated carbocycles. The Morgan fingerprint density at radius 2 is 2.00 bits per heavy atom. The van der Waals surface area contributed by atoms with E-state index in [9.17, 15) is 0 Å². The summed E-state index contributed by atoms with van der Waals surface area (Å²) in [6, 6.07) is 0. The summed E-state index contributed by atoms with van der Waals surface area (Å²) >= 11 is 0. The summed E-state index contributed by atoms with van der Waals surface area (Å²) in [5, 5.41) is 2.66. The molecule has 1 fully saturated rings. The molecule has 29 heavy (non-hydrogen) atoms. The highest BCUT2D eigenvalue weighted by atomic mass is 16.5. The van der Waals surface area contributed by atoms with E-state index in [1.165, 1.54) is 33.0 Å². The van der Waals surface area contributed by atoms with Crippen LogP contribution in [0.2, 0.25) is 0 Å². The quantitative estimate of drug-likeness (QED) is 0.592. The molecule has 0 aromatic carbocycles. The predicted octanol–water partition coefficient (Wildman–Crippen LogP) is 4.50. The molecular formula is C27H27NO. The number of ether oxygens (including phenoxy) is 1. The molecule has 6 atom stereocenters. The molecule has 1 aliphatic heterocycles. The SMILES string of the molecule is C=C/C=C\C1=C(C)C=CC2C=CC3OC4c5c([nH]c6c5=CCCC=6)C=CC4C3[C@@H]12. The van der Waals surface area contributed by atoms with E-state index in [0.717, 1.165) is 12.8 Å². The maximum Gasteiger partial charge on any atom is 0.0926 e. The normalized spacial score (nSPS) is 36.0. The van der Waals surface area contributed by atoms with Crippen LogP contribution in [-0.4, -0.2) is 11.1 Å². The van der Waals surface area contributed by atoms with E-state index in [1.807, 2.05) is 6.08 Å². The Hall–Kier alpha value is -2.58. The lowest BCUT2D eigenvalue weighted by Gasteiger charge is -2.40. The molecule has 6 rings (SSSR count). The van der Waals surface area contributed by atoms with Gasteiger partial charge in [0.2, 0.25) is 0 Å². The summed E-state index contributed by atoms with van der Waals surface area (Å²) in [4.78, 5) is 3.63. The molecule has 2 heterocycles. The topological polar surface area (TPSA) is 25.0 Å². The van der Waals surface area contributed by atoms with Gasteiger partial charge in [-0.05, 0) is 37.0 Å². The van der Waals surface area contributed by atoms with Gasteiger partial charge in [0.15, 0.2) is 0 Å². The van der Waals surface area contributed by atoms with Gasteiger partial charge in [-0.1, -0.05) is 67.3 Å². The zero-order chi connectivity index (χ0) is 19.5. The van der Waals surface area contributed by atoms with Gasteiger partial charge >= 0.3 is 0 Å². The highest BCUT2D eigenvalue weighted by molar-refractivity contribution is 5.59. The van der Waals surface area contributed by atoms with E-state index in [2.05, 4.69) is 79.2 Å². The Bertz CT molecular complexity index is 1150. The van der Waals surface area contributed by atoms with Crippen molar-refractivity contribution in [3.8, 4) is 0 Å². The summed E-state index contributed by atoms with van der Waals surface area (Å²) in [6.07, 6.45) is 27.6. The predicted molar refractivity (Wildman–Crippen MR) is 119 cm³/mol. The summed E-state index contributed by atoms with van der Waals surface area (Å²) in [5.41, 5.74) is 5.44. The monoisotopic (exact) mass is 381 g/mol. The minimum atomic E-state index is 0.145. The fourth-order valence-corrected chi connectivity index (χ4v) is 6.17. The Balaban J connectivity index is 1.47. The van der Waals surface area contributed by atoms with Crippen LogP contribution in [0.3, 0.4) is 0 Å². The Kier molecular flexibility index (Phi) is 3.86. The Morgan fingerprint density at radius 1 is 1.10 bits per heavy atom. The van der Waals surface area contributed by atoms with E-state index in [-0.39, 0.29) is 12.2 Å². The second kappa shape index (κ2) is 6.47. The van der Waals surface area contributed by atoms with Gasteiger partial charge in [0.05, 0.1) is 12.2 Å². The second-order valence-electron chi connectivity index (χ2n) is 8.88. The van der Waals surface area contributed by atoms with Gasteiger partial charge in [0.25, 0.3) is 0 Å². The van der Waals surface area contributed by atoms with Crippen LogP contribution in [0.15, 0.2) is 66.3 Å². The number of aromatic nitrogens is 1. The van der Waals surface area contributed by atoms with Crippen molar-refractivity contribution < 1.29 is 4.74 Å². The number of nitrogens with one attached hydrogen (secondary N) is 1. The third-order valence-corrected chi connectivity index (χ3v) is 7.40. The number of rotatable bonds is 2. The largest absolute Gasteiger partial charge is 0.365 e. The maximum atomic E-state index is 6.77. The molecule has 5 unspecified atom stereocenters. The van der Waals surface area contributed by atoms with Crippen LogP contribution in [0.4, 0.5) is 0 Å². The van der Waals surface area contributed by atoms with E-state index < -0.39 is 0 Å². The first-order valence-corrected chi connectivity index (χ1v) is 10.9. The molecule has 5 aliphatic rings. The summed E-state index contributed by atoms with van der Waals surface area (Å²) < 4.78 is 6.77. The molecule has 0 amide bonds. The highest BCUT2D eigenvalue weighted by Gasteiger charge is 2.52. The molecule has 0 radical (unpaired) electrons. The van der Waals surface area contributed by atoms with E-state index in [0.29, 0.717) is 23.7 Å². The van der Waals surface area contributed by atoms with Crippen LogP contribution >= 0.6 is 0 Å². The number of allylic oxidation sites excluding steroid dienone is 8. The third-order valence-electron chi connectivity index (χ3n) is 7.40. The average molecular weight is 382 g/mol. The molecule has 1 N–H and O–H groups in total. The maximum absolute atomic E-state index is 6.77. The lowest BCUT2D eigenvalue weighted by Crippen LogP contribution is -2.37. The number of aromatic amines is 1. The van der Waals surface area contributed by atoms with Gasteiger partial charge in [0.1, 0.15) is 0 Å².